The minimum atomic E-state index is -0.742. The summed E-state index contributed by atoms with van der Waals surface area (Å²) in [6, 6.07) is 21.1. The van der Waals surface area contributed by atoms with Gasteiger partial charge < -0.3 is 10.4 Å². The van der Waals surface area contributed by atoms with Crippen molar-refractivity contribution in [1.29, 1.82) is 0 Å². The van der Waals surface area contributed by atoms with E-state index in [2.05, 4.69) is 67.4 Å². The van der Waals surface area contributed by atoms with E-state index in [9.17, 15) is 5.11 Å². The highest BCUT2D eigenvalue weighted by Crippen LogP contribution is 2.44. The van der Waals surface area contributed by atoms with Crippen LogP contribution >= 0.6 is 0 Å². The molecule has 0 unspecified atom stereocenters. The number of hydrogen-bond donors (Lipinski definition) is 2. The fourth-order valence-electron chi connectivity index (χ4n) is 3.73. The Morgan fingerprint density at radius 3 is 2.22 bits per heavy atom. The van der Waals surface area contributed by atoms with Crippen LogP contribution in [0.15, 0.2) is 73.3 Å². The van der Waals surface area contributed by atoms with Crippen molar-refractivity contribution in [2.24, 2.45) is 5.92 Å². The van der Waals surface area contributed by atoms with Crippen LogP contribution in [0, 0.1) is 5.92 Å². The van der Waals surface area contributed by atoms with Gasteiger partial charge in [-0.3, -0.25) is 0 Å². The van der Waals surface area contributed by atoms with Gasteiger partial charge >= 0.3 is 0 Å². The zero-order valence-corrected chi connectivity index (χ0v) is 13.7. The van der Waals surface area contributed by atoms with Crippen LogP contribution in [0.3, 0.4) is 0 Å². The Hall–Kier alpha value is -1.90. The topological polar surface area (TPSA) is 32.3 Å². The molecular formula is C21H25NO. The molecule has 1 saturated heterocycles. The highest BCUT2D eigenvalue weighted by atomic mass is 16.3. The first kappa shape index (κ1) is 16.0. The number of nitrogens with one attached hydrogen (secondary N) is 1. The average molecular weight is 307 g/mol. The quantitative estimate of drug-likeness (QED) is 0.820. The summed E-state index contributed by atoms with van der Waals surface area (Å²) in [6.45, 7) is 5.98. The highest BCUT2D eigenvalue weighted by molar-refractivity contribution is 5.26. The highest BCUT2D eigenvalue weighted by Gasteiger charge is 2.45. The minimum absolute atomic E-state index is 0.114. The number of benzene rings is 2. The van der Waals surface area contributed by atoms with Gasteiger partial charge in [0.2, 0.25) is 0 Å². The monoisotopic (exact) mass is 307 g/mol. The van der Waals surface area contributed by atoms with E-state index in [4.69, 9.17) is 0 Å². The number of hydrogen-bond acceptors (Lipinski definition) is 2. The zero-order chi connectivity index (χ0) is 16.3. The molecule has 2 nitrogen and oxygen atoms in total. The number of aliphatic hydroxyl groups is 1. The number of rotatable bonds is 4. The van der Waals surface area contributed by atoms with E-state index in [1.165, 1.54) is 11.1 Å². The maximum atomic E-state index is 11.3. The molecule has 0 saturated carbocycles. The van der Waals surface area contributed by atoms with Crippen LogP contribution < -0.4 is 5.32 Å². The minimum Gasteiger partial charge on any atom is -0.389 e. The van der Waals surface area contributed by atoms with Crippen molar-refractivity contribution in [2.75, 3.05) is 0 Å². The van der Waals surface area contributed by atoms with Gasteiger partial charge in [-0.25, -0.2) is 0 Å². The molecule has 1 aliphatic rings. The van der Waals surface area contributed by atoms with Crippen LogP contribution in [0.25, 0.3) is 0 Å². The fraction of sp³-hybridized carbons (Fsp3) is 0.333. The largest absolute Gasteiger partial charge is 0.389 e. The molecule has 3 rings (SSSR count). The lowest BCUT2D eigenvalue weighted by Gasteiger charge is -2.47. The Bertz CT molecular complexity index is 639. The van der Waals surface area contributed by atoms with E-state index in [0.29, 0.717) is 12.8 Å². The van der Waals surface area contributed by atoms with Crippen LogP contribution in [0.4, 0.5) is 0 Å². The predicted octanol–water partition coefficient (Wildman–Crippen LogP) is 4.41. The van der Waals surface area contributed by atoms with Gasteiger partial charge in [-0.15, -0.1) is 6.58 Å². The second kappa shape index (κ2) is 6.69. The molecule has 2 aromatic carbocycles. The standard InChI is InChI=1S/C21H25NO/c1-3-14-21(23)15-19(17-10-6-4-7-11-17)22-20(16(21)2)18-12-8-5-9-13-18/h3-13,16,19-20,22-23H,1,14-15H2,2H3/t16-,19-,20+,21+/m0/s1. The van der Waals surface area contributed by atoms with E-state index >= 15 is 0 Å². The summed E-state index contributed by atoms with van der Waals surface area (Å²) in [5.74, 6) is 0.114. The lowest BCUT2D eigenvalue weighted by molar-refractivity contribution is -0.0654. The molecule has 0 aliphatic carbocycles. The molecule has 0 amide bonds. The summed E-state index contributed by atoms with van der Waals surface area (Å²) in [6.07, 6.45) is 3.15. The van der Waals surface area contributed by atoms with Gasteiger partial charge in [0.25, 0.3) is 0 Å². The first-order valence-corrected chi connectivity index (χ1v) is 8.33. The Morgan fingerprint density at radius 1 is 1.09 bits per heavy atom. The van der Waals surface area contributed by atoms with Gasteiger partial charge in [-0.2, -0.15) is 0 Å². The normalized spacial score (nSPS) is 30.8. The van der Waals surface area contributed by atoms with Crippen LogP contribution in [-0.2, 0) is 0 Å². The third-order valence-corrected chi connectivity index (χ3v) is 5.14. The summed E-state index contributed by atoms with van der Waals surface area (Å²) in [7, 11) is 0. The average Bonchev–Trinajstić information content (AvgIpc) is 2.59. The van der Waals surface area contributed by atoms with Gasteiger partial charge in [-0.05, 0) is 24.0 Å². The molecule has 120 valence electrons. The molecule has 0 bridgehead atoms. The molecule has 0 radical (unpaired) electrons. The Labute approximate surface area is 138 Å². The maximum absolute atomic E-state index is 11.3. The summed E-state index contributed by atoms with van der Waals surface area (Å²) < 4.78 is 0. The van der Waals surface area contributed by atoms with Gasteiger partial charge in [0, 0.05) is 18.0 Å². The van der Waals surface area contributed by atoms with E-state index < -0.39 is 5.60 Å². The van der Waals surface area contributed by atoms with Crippen LogP contribution in [0.5, 0.6) is 0 Å². The Kier molecular flexibility index (Phi) is 4.65. The van der Waals surface area contributed by atoms with Crippen molar-refractivity contribution in [2.45, 2.75) is 37.5 Å². The summed E-state index contributed by atoms with van der Waals surface area (Å²) >= 11 is 0. The fourth-order valence-corrected chi connectivity index (χ4v) is 3.73. The molecule has 4 atom stereocenters. The summed E-state index contributed by atoms with van der Waals surface area (Å²) in [5.41, 5.74) is 1.71. The third-order valence-electron chi connectivity index (χ3n) is 5.14. The predicted molar refractivity (Wildman–Crippen MR) is 95.0 cm³/mol. The molecule has 0 aromatic heterocycles. The second-order valence-corrected chi connectivity index (χ2v) is 6.61. The van der Waals surface area contributed by atoms with Crippen molar-refractivity contribution in [3.8, 4) is 0 Å². The third kappa shape index (κ3) is 3.24. The molecule has 1 heterocycles. The van der Waals surface area contributed by atoms with Gasteiger partial charge in [0.15, 0.2) is 0 Å². The molecule has 0 spiro atoms. The number of piperidine rings is 1. The second-order valence-electron chi connectivity index (χ2n) is 6.61. The summed E-state index contributed by atoms with van der Waals surface area (Å²) in [5, 5.41) is 15.0. The Balaban J connectivity index is 1.97. The van der Waals surface area contributed by atoms with Crippen molar-refractivity contribution in [3.63, 3.8) is 0 Å². The maximum Gasteiger partial charge on any atom is 0.0743 e. The van der Waals surface area contributed by atoms with E-state index in [-0.39, 0.29) is 18.0 Å². The van der Waals surface area contributed by atoms with E-state index in [0.717, 1.165) is 0 Å². The van der Waals surface area contributed by atoms with Crippen LogP contribution in [-0.4, -0.2) is 10.7 Å². The zero-order valence-electron chi connectivity index (χ0n) is 13.7. The smallest absolute Gasteiger partial charge is 0.0743 e. The van der Waals surface area contributed by atoms with Crippen molar-refractivity contribution < 1.29 is 5.11 Å². The first-order chi connectivity index (χ1) is 11.1. The molecule has 1 fully saturated rings. The van der Waals surface area contributed by atoms with Gasteiger partial charge in [-0.1, -0.05) is 73.7 Å². The Morgan fingerprint density at radius 2 is 1.65 bits per heavy atom. The summed E-state index contributed by atoms with van der Waals surface area (Å²) in [4.78, 5) is 0. The first-order valence-electron chi connectivity index (χ1n) is 8.33. The molecule has 2 aromatic rings. The molecule has 23 heavy (non-hydrogen) atoms. The van der Waals surface area contributed by atoms with Crippen molar-refractivity contribution >= 4 is 0 Å². The van der Waals surface area contributed by atoms with E-state index in [1.807, 2.05) is 18.2 Å². The van der Waals surface area contributed by atoms with Gasteiger partial charge in [0.1, 0.15) is 0 Å². The van der Waals surface area contributed by atoms with Crippen molar-refractivity contribution in [3.05, 3.63) is 84.4 Å². The molecule has 2 N–H and O–H groups in total. The van der Waals surface area contributed by atoms with Crippen LogP contribution in [0.2, 0.25) is 0 Å². The lowest BCUT2D eigenvalue weighted by Crippen LogP contribution is -2.51. The van der Waals surface area contributed by atoms with E-state index in [1.54, 1.807) is 0 Å². The molecule has 2 heteroatoms. The lowest BCUT2D eigenvalue weighted by atomic mass is 9.70. The van der Waals surface area contributed by atoms with Gasteiger partial charge in [0.05, 0.1) is 5.60 Å². The van der Waals surface area contributed by atoms with Crippen molar-refractivity contribution in [1.82, 2.24) is 5.32 Å². The van der Waals surface area contributed by atoms with Crippen LogP contribution in [0.1, 0.15) is 43.0 Å². The SMILES string of the molecule is C=CC[C@@]1(O)C[C@@H](c2ccccc2)N[C@@H](c2ccccc2)[C@@H]1C. The molecular weight excluding hydrogens is 282 g/mol. The molecule has 1 aliphatic heterocycles.